The Morgan fingerprint density at radius 2 is 1.73 bits per heavy atom. The van der Waals surface area contributed by atoms with E-state index >= 15 is 0 Å². The van der Waals surface area contributed by atoms with E-state index in [4.69, 9.17) is 19.4 Å². The molecule has 194 valence electrons. The van der Waals surface area contributed by atoms with Gasteiger partial charge in [0.05, 0.1) is 13.3 Å². The number of carbonyl (C=O) groups excluding carboxylic acids is 1. The standard InChI is InChI=1S/C27H32N6O3S/c1-35-22-17-20(10-11-21(22)36-26(34)23-9-8-16-37-23)19-28-31-24-18-25(32-12-4-2-5-13-32)30-27(29-24)33-14-6-3-7-15-33/h8-11,16-19H,2-7,12-15H2,1H3,(H,29,30,31). The molecule has 0 aliphatic carbocycles. The number of hydrazone groups is 1. The first-order valence-corrected chi connectivity index (χ1v) is 13.7. The smallest absolute Gasteiger partial charge is 0.353 e. The molecule has 5 rings (SSSR count). The quantitative estimate of drug-likeness (QED) is 0.188. The highest BCUT2D eigenvalue weighted by molar-refractivity contribution is 7.12. The van der Waals surface area contributed by atoms with E-state index in [9.17, 15) is 4.79 Å². The molecule has 3 aromatic rings. The Hall–Kier alpha value is -3.66. The maximum absolute atomic E-state index is 12.3. The molecule has 2 saturated heterocycles. The number of esters is 1. The van der Waals surface area contributed by atoms with Crippen molar-refractivity contribution >= 4 is 41.1 Å². The van der Waals surface area contributed by atoms with Crippen LogP contribution < -0.4 is 24.7 Å². The molecule has 1 aromatic carbocycles. The van der Waals surface area contributed by atoms with Gasteiger partial charge >= 0.3 is 5.97 Å². The average Bonchev–Trinajstić information content (AvgIpc) is 3.50. The van der Waals surface area contributed by atoms with Gasteiger partial charge in [-0.05, 0) is 73.7 Å². The van der Waals surface area contributed by atoms with Crippen LogP contribution in [-0.4, -0.2) is 55.4 Å². The van der Waals surface area contributed by atoms with Crippen LogP contribution >= 0.6 is 11.3 Å². The number of benzene rings is 1. The summed E-state index contributed by atoms with van der Waals surface area (Å²) >= 11 is 1.33. The minimum atomic E-state index is -0.408. The molecule has 9 nitrogen and oxygen atoms in total. The lowest BCUT2D eigenvalue weighted by atomic mass is 10.1. The molecule has 4 heterocycles. The number of piperidine rings is 2. The van der Waals surface area contributed by atoms with Crippen molar-refractivity contribution in [2.75, 3.05) is 48.5 Å². The summed E-state index contributed by atoms with van der Waals surface area (Å²) in [7, 11) is 1.54. The Morgan fingerprint density at radius 3 is 2.43 bits per heavy atom. The minimum absolute atomic E-state index is 0.360. The summed E-state index contributed by atoms with van der Waals surface area (Å²) in [5, 5.41) is 6.26. The zero-order valence-corrected chi connectivity index (χ0v) is 21.9. The average molecular weight is 521 g/mol. The predicted molar refractivity (Wildman–Crippen MR) is 148 cm³/mol. The number of carbonyl (C=O) groups is 1. The number of nitrogens with one attached hydrogen (secondary N) is 1. The number of anilines is 3. The second kappa shape index (κ2) is 12.1. The van der Waals surface area contributed by atoms with Gasteiger partial charge in [0.1, 0.15) is 10.7 Å². The molecule has 1 N–H and O–H groups in total. The molecule has 2 aliphatic heterocycles. The molecule has 2 fully saturated rings. The van der Waals surface area contributed by atoms with E-state index in [0.717, 1.165) is 43.5 Å². The maximum atomic E-state index is 12.3. The van der Waals surface area contributed by atoms with Gasteiger partial charge in [0.25, 0.3) is 0 Å². The summed E-state index contributed by atoms with van der Waals surface area (Å²) in [4.78, 5) is 27.2. The van der Waals surface area contributed by atoms with Gasteiger partial charge in [-0.1, -0.05) is 6.07 Å². The fourth-order valence-corrected chi connectivity index (χ4v) is 5.17. The molecule has 0 spiro atoms. The van der Waals surface area contributed by atoms with Crippen molar-refractivity contribution in [2.24, 2.45) is 5.10 Å². The number of rotatable bonds is 8. The van der Waals surface area contributed by atoms with Crippen molar-refractivity contribution in [3.63, 3.8) is 0 Å². The number of hydrogen-bond donors (Lipinski definition) is 1. The molecule has 37 heavy (non-hydrogen) atoms. The van der Waals surface area contributed by atoms with E-state index in [2.05, 4.69) is 20.3 Å². The van der Waals surface area contributed by atoms with Crippen LogP contribution in [0, 0.1) is 0 Å². The topological polar surface area (TPSA) is 92.2 Å². The Labute approximate surface area is 221 Å². The Balaban J connectivity index is 1.31. The lowest BCUT2D eigenvalue weighted by Gasteiger charge is -2.31. The van der Waals surface area contributed by atoms with Gasteiger partial charge in [-0.2, -0.15) is 15.1 Å². The summed E-state index contributed by atoms with van der Waals surface area (Å²) in [5.41, 5.74) is 3.89. The molecule has 0 saturated carbocycles. The number of hydrogen-bond acceptors (Lipinski definition) is 10. The van der Waals surface area contributed by atoms with Crippen LogP contribution in [-0.2, 0) is 0 Å². The number of nitrogens with zero attached hydrogens (tertiary/aromatic N) is 5. The lowest BCUT2D eigenvalue weighted by molar-refractivity contribution is 0.0735. The van der Waals surface area contributed by atoms with E-state index in [1.54, 1.807) is 31.5 Å². The SMILES string of the molecule is COc1cc(C=NNc2cc(N3CCCCC3)nc(N3CCCCC3)n2)ccc1OC(=O)c1cccs1. The van der Waals surface area contributed by atoms with Gasteiger partial charge in [-0.3, -0.25) is 5.43 Å². The number of ether oxygens (including phenoxy) is 2. The van der Waals surface area contributed by atoms with Gasteiger partial charge in [0, 0.05) is 32.2 Å². The molecule has 2 aromatic heterocycles. The summed E-state index contributed by atoms with van der Waals surface area (Å²) in [6.07, 6.45) is 8.92. The molecule has 0 atom stereocenters. The van der Waals surface area contributed by atoms with Crippen molar-refractivity contribution in [3.8, 4) is 11.5 Å². The van der Waals surface area contributed by atoms with Gasteiger partial charge in [0.15, 0.2) is 17.3 Å². The Bertz CT molecular complexity index is 1180. The summed E-state index contributed by atoms with van der Waals surface area (Å²) < 4.78 is 11.0. The van der Waals surface area contributed by atoms with Crippen LogP contribution in [0.15, 0.2) is 46.9 Å². The predicted octanol–water partition coefficient (Wildman–Crippen LogP) is 5.19. The first-order valence-electron chi connectivity index (χ1n) is 12.8. The maximum Gasteiger partial charge on any atom is 0.353 e. The highest BCUT2D eigenvalue weighted by Crippen LogP contribution is 2.29. The minimum Gasteiger partial charge on any atom is -0.493 e. The lowest BCUT2D eigenvalue weighted by Crippen LogP contribution is -2.33. The summed E-state index contributed by atoms with van der Waals surface area (Å²) in [6.45, 7) is 4.00. The van der Waals surface area contributed by atoms with Crippen molar-refractivity contribution < 1.29 is 14.3 Å². The first kappa shape index (κ1) is 25.0. The number of aromatic nitrogens is 2. The zero-order chi connectivity index (χ0) is 25.5. The van der Waals surface area contributed by atoms with E-state index in [1.807, 2.05) is 23.6 Å². The molecule has 0 amide bonds. The van der Waals surface area contributed by atoms with Crippen LogP contribution in [0.25, 0.3) is 0 Å². The Kier molecular flexibility index (Phi) is 8.15. The van der Waals surface area contributed by atoms with Gasteiger partial charge in [0.2, 0.25) is 5.95 Å². The molecular formula is C27H32N6O3S. The molecule has 0 bridgehead atoms. The molecule has 0 radical (unpaired) electrons. The number of thiophene rings is 1. The normalized spacial score (nSPS) is 16.1. The van der Waals surface area contributed by atoms with Crippen LogP contribution in [0.3, 0.4) is 0 Å². The molecule has 0 unspecified atom stereocenters. The van der Waals surface area contributed by atoms with E-state index in [1.165, 1.54) is 49.9 Å². The highest BCUT2D eigenvalue weighted by Gasteiger charge is 2.19. The first-order chi connectivity index (χ1) is 18.2. The fraction of sp³-hybridized carbons (Fsp3) is 0.407. The van der Waals surface area contributed by atoms with Crippen molar-refractivity contribution in [2.45, 2.75) is 38.5 Å². The Morgan fingerprint density at radius 1 is 0.973 bits per heavy atom. The monoisotopic (exact) mass is 520 g/mol. The van der Waals surface area contributed by atoms with Gasteiger partial charge < -0.3 is 19.3 Å². The van der Waals surface area contributed by atoms with Crippen LogP contribution in [0.1, 0.15) is 53.8 Å². The fourth-order valence-electron chi connectivity index (χ4n) is 4.57. The second-order valence-electron chi connectivity index (χ2n) is 9.15. The second-order valence-corrected chi connectivity index (χ2v) is 10.1. The summed E-state index contributed by atoms with van der Waals surface area (Å²) in [6, 6.07) is 10.8. The van der Waals surface area contributed by atoms with Crippen LogP contribution in [0.4, 0.5) is 17.6 Å². The van der Waals surface area contributed by atoms with Crippen LogP contribution in [0.2, 0.25) is 0 Å². The van der Waals surface area contributed by atoms with Crippen molar-refractivity contribution in [1.82, 2.24) is 9.97 Å². The third kappa shape index (κ3) is 6.37. The molecule has 10 heteroatoms. The molecular weight excluding hydrogens is 488 g/mol. The van der Waals surface area contributed by atoms with E-state index in [-0.39, 0.29) is 0 Å². The van der Waals surface area contributed by atoms with Crippen molar-refractivity contribution in [3.05, 3.63) is 52.2 Å². The van der Waals surface area contributed by atoms with Crippen molar-refractivity contribution in [1.29, 1.82) is 0 Å². The van der Waals surface area contributed by atoms with E-state index in [0.29, 0.717) is 22.2 Å². The van der Waals surface area contributed by atoms with Gasteiger partial charge in [-0.25, -0.2) is 4.79 Å². The van der Waals surface area contributed by atoms with Crippen LogP contribution in [0.5, 0.6) is 11.5 Å². The van der Waals surface area contributed by atoms with E-state index < -0.39 is 5.97 Å². The van der Waals surface area contributed by atoms with Gasteiger partial charge in [-0.15, -0.1) is 11.3 Å². The highest BCUT2D eigenvalue weighted by atomic mass is 32.1. The number of methoxy groups -OCH3 is 1. The molecule has 2 aliphatic rings. The largest absolute Gasteiger partial charge is 0.493 e. The third-order valence-electron chi connectivity index (χ3n) is 6.53. The summed E-state index contributed by atoms with van der Waals surface area (Å²) in [5.74, 6) is 2.79. The third-order valence-corrected chi connectivity index (χ3v) is 7.38. The zero-order valence-electron chi connectivity index (χ0n) is 21.1.